The summed E-state index contributed by atoms with van der Waals surface area (Å²) in [4.78, 5) is 27.6. The quantitative estimate of drug-likeness (QED) is 0.175. The number of ether oxygens (including phenoxy) is 3. The van der Waals surface area contributed by atoms with Gasteiger partial charge in [0.1, 0.15) is 0 Å². The van der Waals surface area contributed by atoms with Crippen molar-refractivity contribution in [3.8, 4) is 11.5 Å². The molecule has 2 aromatic rings. The zero-order valence-corrected chi connectivity index (χ0v) is 18.5. The third-order valence-corrected chi connectivity index (χ3v) is 4.86. The van der Waals surface area contributed by atoms with E-state index in [0.29, 0.717) is 21.5 Å². The molecule has 0 saturated carbocycles. The van der Waals surface area contributed by atoms with E-state index in [4.69, 9.17) is 25.8 Å². The van der Waals surface area contributed by atoms with E-state index in [1.165, 1.54) is 13.0 Å². The van der Waals surface area contributed by atoms with Crippen molar-refractivity contribution in [1.82, 2.24) is 0 Å². The standard InChI is InChI=1S/C20H13ClF2INO5/c1-3-28-17-6-10(4-15(24)18(17)29-9(2)26)5-16-20(27)30-19(25-16)11-7-13(22)14(23)8-12(11)21/h4-8H,3H2,1-2H3/b16-5-. The van der Waals surface area contributed by atoms with Gasteiger partial charge in [-0.05, 0) is 65.4 Å². The zero-order chi connectivity index (χ0) is 22.0. The molecule has 0 atom stereocenters. The maximum Gasteiger partial charge on any atom is 0.363 e. The Bertz CT molecular complexity index is 1120. The molecule has 0 bridgehead atoms. The lowest BCUT2D eigenvalue weighted by atomic mass is 10.1. The van der Waals surface area contributed by atoms with Gasteiger partial charge in [-0.2, -0.15) is 0 Å². The molecule has 0 unspecified atom stereocenters. The van der Waals surface area contributed by atoms with Crippen molar-refractivity contribution in [1.29, 1.82) is 0 Å². The van der Waals surface area contributed by atoms with E-state index in [1.807, 2.05) is 22.6 Å². The van der Waals surface area contributed by atoms with Gasteiger partial charge in [0.25, 0.3) is 0 Å². The molecule has 1 aliphatic rings. The monoisotopic (exact) mass is 547 g/mol. The molecule has 0 aliphatic carbocycles. The summed E-state index contributed by atoms with van der Waals surface area (Å²) in [6.07, 6.45) is 1.42. The maximum atomic E-state index is 13.5. The predicted molar refractivity (Wildman–Crippen MR) is 114 cm³/mol. The fourth-order valence-electron chi connectivity index (χ4n) is 2.55. The first-order valence-corrected chi connectivity index (χ1v) is 9.97. The van der Waals surface area contributed by atoms with Crippen molar-refractivity contribution in [2.45, 2.75) is 13.8 Å². The Morgan fingerprint density at radius 2 is 1.97 bits per heavy atom. The topological polar surface area (TPSA) is 74.2 Å². The second-order valence-corrected chi connectivity index (χ2v) is 7.51. The van der Waals surface area contributed by atoms with Crippen LogP contribution in [0.5, 0.6) is 11.5 Å². The third-order valence-electron chi connectivity index (χ3n) is 3.74. The molecule has 0 N–H and O–H groups in total. The van der Waals surface area contributed by atoms with Gasteiger partial charge in [0, 0.05) is 6.92 Å². The predicted octanol–water partition coefficient (Wildman–Crippen LogP) is 4.89. The summed E-state index contributed by atoms with van der Waals surface area (Å²) in [5.41, 5.74) is 0.387. The Labute approximate surface area is 188 Å². The number of esters is 2. The van der Waals surface area contributed by atoms with Crippen LogP contribution < -0.4 is 9.47 Å². The highest BCUT2D eigenvalue weighted by molar-refractivity contribution is 14.1. The largest absolute Gasteiger partial charge is 0.490 e. The average Bonchev–Trinajstić information content (AvgIpc) is 3.01. The van der Waals surface area contributed by atoms with Crippen molar-refractivity contribution in [3.63, 3.8) is 0 Å². The lowest BCUT2D eigenvalue weighted by Gasteiger charge is -2.12. The van der Waals surface area contributed by atoms with Crippen LogP contribution in [0.25, 0.3) is 6.08 Å². The lowest BCUT2D eigenvalue weighted by Crippen LogP contribution is -2.07. The molecule has 1 aliphatic heterocycles. The highest BCUT2D eigenvalue weighted by Gasteiger charge is 2.27. The molecular formula is C20H13ClF2INO5. The Hall–Kier alpha value is -2.53. The Morgan fingerprint density at radius 1 is 1.27 bits per heavy atom. The van der Waals surface area contributed by atoms with Crippen LogP contribution in [0, 0.1) is 15.2 Å². The summed E-state index contributed by atoms with van der Waals surface area (Å²) in [5, 5.41) is -0.152. The number of aliphatic imine (C=N–C) groups is 1. The van der Waals surface area contributed by atoms with Gasteiger partial charge in [-0.1, -0.05) is 11.6 Å². The smallest absolute Gasteiger partial charge is 0.363 e. The number of nitrogens with zero attached hydrogens (tertiary/aromatic N) is 1. The molecule has 156 valence electrons. The van der Waals surface area contributed by atoms with E-state index < -0.39 is 23.6 Å². The zero-order valence-electron chi connectivity index (χ0n) is 15.6. The van der Waals surface area contributed by atoms with Gasteiger partial charge in [-0.25, -0.2) is 18.6 Å². The van der Waals surface area contributed by atoms with Gasteiger partial charge in [0.2, 0.25) is 5.90 Å². The molecule has 0 amide bonds. The van der Waals surface area contributed by atoms with Crippen LogP contribution in [0.4, 0.5) is 8.78 Å². The first-order valence-electron chi connectivity index (χ1n) is 8.51. The second-order valence-electron chi connectivity index (χ2n) is 5.94. The van der Waals surface area contributed by atoms with Gasteiger partial charge in [-0.15, -0.1) is 0 Å². The fourth-order valence-corrected chi connectivity index (χ4v) is 3.51. The number of benzene rings is 2. The van der Waals surface area contributed by atoms with Crippen LogP contribution in [0.2, 0.25) is 5.02 Å². The van der Waals surface area contributed by atoms with Crippen LogP contribution in [0.3, 0.4) is 0 Å². The minimum atomic E-state index is -1.15. The van der Waals surface area contributed by atoms with E-state index >= 15 is 0 Å². The first kappa shape index (κ1) is 22.2. The van der Waals surface area contributed by atoms with Crippen LogP contribution in [-0.4, -0.2) is 24.4 Å². The molecular weight excluding hydrogens is 535 g/mol. The van der Waals surface area contributed by atoms with Crippen LogP contribution in [-0.2, 0) is 14.3 Å². The lowest BCUT2D eigenvalue weighted by molar-refractivity contribution is -0.132. The van der Waals surface area contributed by atoms with E-state index in [9.17, 15) is 18.4 Å². The molecule has 0 spiro atoms. The molecule has 6 nitrogen and oxygen atoms in total. The molecule has 10 heteroatoms. The highest BCUT2D eigenvalue weighted by atomic mass is 127. The summed E-state index contributed by atoms with van der Waals surface area (Å²) < 4.78 is 43.2. The second kappa shape index (κ2) is 9.09. The highest BCUT2D eigenvalue weighted by Crippen LogP contribution is 2.35. The van der Waals surface area contributed by atoms with Crippen molar-refractivity contribution >= 4 is 58.1 Å². The number of halogens is 4. The van der Waals surface area contributed by atoms with Crippen LogP contribution in [0.15, 0.2) is 35.0 Å². The van der Waals surface area contributed by atoms with E-state index in [-0.39, 0.29) is 27.9 Å². The van der Waals surface area contributed by atoms with E-state index in [1.54, 1.807) is 19.1 Å². The molecule has 3 rings (SSSR count). The van der Waals surface area contributed by atoms with Crippen molar-refractivity contribution in [3.05, 3.63) is 61.3 Å². The molecule has 0 saturated heterocycles. The normalized spacial score (nSPS) is 14.5. The van der Waals surface area contributed by atoms with Gasteiger partial charge in [0.05, 0.1) is 20.8 Å². The minimum absolute atomic E-state index is 0.0536. The maximum absolute atomic E-state index is 13.5. The Morgan fingerprint density at radius 3 is 2.63 bits per heavy atom. The van der Waals surface area contributed by atoms with Gasteiger partial charge in [-0.3, -0.25) is 4.79 Å². The fraction of sp³-hybridized carbons (Fsp3) is 0.150. The third kappa shape index (κ3) is 4.78. The molecule has 30 heavy (non-hydrogen) atoms. The van der Waals surface area contributed by atoms with Gasteiger partial charge in [0.15, 0.2) is 28.8 Å². The number of carbonyl (C=O) groups excluding carboxylic acids is 2. The van der Waals surface area contributed by atoms with Crippen molar-refractivity contribution in [2.24, 2.45) is 4.99 Å². The number of rotatable bonds is 5. The Kier molecular flexibility index (Phi) is 6.71. The van der Waals surface area contributed by atoms with Crippen LogP contribution in [0.1, 0.15) is 25.0 Å². The summed E-state index contributed by atoms with van der Waals surface area (Å²) >= 11 is 7.88. The first-order chi connectivity index (χ1) is 14.2. The number of cyclic esters (lactones) is 1. The summed E-state index contributed by atoms with van der Waals surface area (Å²) in [6.45, 7) is 3.37. The Balaban J connectivity index is 2.01. The molecule has 0 fully saturated rings. The average molecular weight is 548 g/mol. The van der Waals surface area contributed by atoms with E-state index in [0.717, 1.165) is 12.1 Å². The molecule has 0 aromatic heterocycles. The van der Waals surface area contributed by atoms with E-state index in [2.05, 4.69) is 4.99 Å². The summed E-state index contributed by atoms with van der Waals surface area (Å²) in [7, 11) is 0. The van der Waals surface area contributed by atoms with Crippen molar-refractivity contribution < 1.29 is 32.6 Å². The van der Waals surface area contributed by atoms with Gasteiger partial charge >= 0.3 is 11.9 Å². The summed E-state index contributed by atoms with van der Waals surface area (Å²) in [5.74, 6) is -3.24. The number of hydrogen-bond acceptors (Lipinski definition) is 6. The minimum Gasteiger partial charge on any atom is -0.490 e. The van der Waals surface area contributed by atoms with Crippen molar-refractivity contribution in [2.75, 3.05) is 6.61 Å². The van der Waals surface area contributed by atoms with Crippen LogP contribution >= 0.6 is 34.2 Å². The van der Waals surface area contributed by atoms with Gasteiger partial charge < -0.3 is 14.2 Å². The number of carbonyl (C=O) groups is 2. The summed E-state index contributed by atoms with van der Waals surface area (Å²) in [6, 6.07) is 4.80. The SMILES string of the molecule is CCOc1cc(/C=C2\N=C(c3cc(F)c(F)cc3Cl)OC2=O)cc(I)c1OC(C)=O. The molecule has 2 aromatic carbocycles. The molecule has 0 radical (unpaired) electrons. The molecule has 1 heterocycles. The number of hydrogen-bond donors (Lipinski definition) is 0.